The molecule has 2 aliphatic rings. The Bertz CT molecular complexity index is 406. The van der Waals surface area contributed by atoms with E-state index < -0.39 is 36.2 Å². The van der Waals surface area contributed by atoms with E-state index in [4.69, 9.17) is 28.4 Å². The Balaban J connectivity index is 1.59. The van der Waals surface area contributed by atoms with Crippen LogP contribution >= 0.6 is 0 Å². The SMILES string of the molecule is CC1(C)OCC(COC(=O)CC(=O)OCC2COC(C)(O)O2)O1. The summed E-state index contributed by atoms with van der Waals surface area (Å²) in [6, 6.07) is 0. The second-order valence-electron chi connectivity index (χ2n) is 5.94. The Labute approximate surface area is 133 Å². The molecule has 0 aliphatic carbocycles. The molecule has 3 unspecified atom stereocenters. The van der Waals surface area contributed by atoms with Crippen LogP contribution in [0.15, 0.2) is 0 Å². The van der Waals surface area contributed by atoms with Crippen molar-refractivity contribution >= 4 is 11.9 Å². The molecule has 0 aromatic rings. The molecule has 2 aliphatic heterocycles. The van der Waals surface area contributed by atoms with Crippen molar-refractivity contribution in [3.8, 4) is 0 Å². The Morgan fingerprint density at radius 1 is 1.00 bits per heavy atom. The van der Waals surface area contributed by atoms with Gasteiger partial charge in [-0.15, -0.1) is 0 Å². The number of hydrogen-bond acceptors (Lipinski definition) is 9. The third kappa shape index (κ3) is 6.04. The summed E-state index contributed by atoms with van der Waals surface area (Å²) in [6.45, 7) is 5.18. The van der Waals surface area contributed by atoms with E-state index in [0.29, 0.717) is 6.61 Å². The quantitative estimate of drug-likeness (QED) is 0.517. The first-order chi connectivity index (χ1) is 10.7. The van der Waals surface area contributed by atoms with Gasteiger partial charge in [-0.2, -0.15) is 0 Å². The summed E-state index contributed by atoms with van der Waals surface area (Å²) >= 11 is 0. The van der Waals surface area contributed by atoms with Gasteiger partial charge in [-0.25, -0.2) is 0 Å². The maximum absolute atomic E-state index is 11.6. The molecule has 2 heterocycles. The Kier molecular flexibility index (Phi) is 5.58. The zero-order chi connectivity index (χ0) is 17.1. The minimum absolute atomic E-state index is 0.0119. The van der Waals surface area contributed by atoms with Crippen LogP contribution in [0.3, 0.4) is 0 Å². The summed E-state index contributed by atoms with van der Waals surface area (Å²) < 4.78 is 30.6. The van der Waals surface area contributed by atoms with Crippen LogP contribution in [-0.4, -0.2) is 67.4 Å². The highest BCUT2D eigenvalue weighted by atomic mass is 16.9. The second-order valence-corrected chi connectivity index (χ2v) is 5.94. The van der Waals surface area contributed by atoms with Gasteiger partial charge in [0.15, 0.2) is 5.79 Å². The third-order valence-corrected chi connectivity index (χ3v) is 3.14. The van der Waals surface area contributed by atoms with E-state index in [1.807, 2.05) is 0 Å². The molecule has 23 heavy (non-hydrogen) atoms. The van der Waals surface area contributed by atoms with Crippen molar-refractivity contribution in [2.45, 2.75) is 51.2 Å². The predicted octanol–water partition coefficient (Wildman–Crippen LogP) is -0.304. The molecule has 0 bridgehead atoms. The molecule has 0 aromatic carbocycles. The van der Waals surface area contributed by atoms with Crippen molar-refractivity contribution in [3.05, 3.63) is 0 Å². The molecule has 2 fully saturated rings. The highest BCUT2D eigenvalue weighted by Gasteiger charge is 2.36. The predicted molar refractivity (Wildman–Crippen MR) is 72.9 cm³/mol. The summed E-state index contributed by atoms with van der Waals surface area (Å²) in [6.07, 6.45) is -1.44. The van der Waals surface area contributed by atoms with Gasteiger partial charge < -0.3 is 33.5 Å². The first-order valence-electron chi connectivity index (χ1n) is 7.32. The monoisotopic (exact) mass is 334 g/mol. The lowest BCUT2D eigenvalue weighted by molar-refractivity contribution is -0.300. The van der Waals surface area contributed by atoms with Gasteiger partial charge in [0.05, 0.1) is 13.2 Å². The minimum Gasteiger partial charge on any atom is -0.462 e. The largest absolute Gasteiger partial charge is 0.462 e. The molecule has 2 rings (SSSR count). The van der Waals surface area contributed by atoms with Gasteiger partial charge in [0.1, 0.15) is 31.8 Å². The zero-order valence-corrected chi connectivity index (χ0v) is 13.4. The maximum atomic E-state index is 11.6. The number of aliphatic hydroxyl groups is 1. The van der Waals surface area contributed by atoms with Crippen LogP contribution in [0.5, 0.6) is 0 Å². The topological polar surface area (TPSA) is 110 Å². The second kappa shape index (κ2) is 7.10. The highest BCUT2D eigenvalue weighted by Crippen LogP contribution is 2.22. The van der Waals surface area contributed by atoms with Gasteiger partial charge in [-0.3, -0.25) is 9.59 Å². The van der Waals surface area contributed by atoms with Crippen LogP contribution in [0.2, 0.25) is 0 Å². The lowest BCUT2D eigenvalue weighted by Gasteiger charge is -2.17. The first-order valence-corrected chi connectivity index (χ1v) is 7.32. The van der Waals surface area contributed by atoms with E-state index >= 15 is 0 Å². The molecule has 1 N–H and O–H groups in total. The third-order valence-electron chi connectivity index (χ3n) is 3.14. The number of ether oxygens (including phenoxy) is 6. The van der Waals surface area contributed by atoms with E-state index in [1.54, 1.807) is 13.8 Å². The van der Waals surface area contributed by atoms with E-state index in [1.165, 1.54) is 6.92 Å². The minimum atomic E-state index is -1.67. The average molecular weight is 334 g/mol. The van der Waals surface area contributed by atoms with Crippen molar-refractivity contribution in [2.75, 3.05) is 26.4 Å². The normalized spacial score (nSPS) is 32.7. The first kappa shape index (κ1) is 18.1. The molecule has 0 saturated carbocycles. The van der Waals surface area contributed by atoms with Gasteiger partial charge in [0.25, 0.3) is 5.97 Å². The molecular formula is C14H22O9. The molecule has 0 spiro atoms. The van der Waals surface area contributed by atoms with Gasteiger partial charge in [0.2, 0.25) is 0 Å². The van der Waals surface area contributed by atoms with Crippen molar-refractivity contribution < 1.29 is 43.1 Å². The van der Waals surface area contributed by atoms with Crippen molar-refractivity contribution in [1.29, 1.82) is 0 Å². The molecular weight excluding hydrogens is 312 g/mol. The van der Waals surface area contributed by atoms with Crippen molar-refractivity contribution in [2.24, 2.45) is 0 Å². The molecule has 0 radical (unpaired) electrons. The van der Waals surface area contributed by atoms with Crippen LogP contribution in [-0.2, 0) is 38.0 Å². The Morgan fingerprint density at radius 3 is 1.96 bits per heavy atom. The summed E-state index contributed by atoms with van der Waals surface area (Å²) in [4.78, 5) is 23.1. The van der Waals surface area contributed by atoms with E-state index in [0.717, 1.165) is 0 Å². The number of rotatable bonds is 6. The van der Waals surface area contributed by atoms with Gasteiger partial charge in [0, 0.05) is 6.92 Å². The van der Waals surface area contributed by atoms with Crippen LogP contribution in [0.4, 0.5) is 0 Å². The molecule has 132 valence electrons. The summed E-state index contributed by atoms with van der Waals surface area (Å²) in [5, 5.41) is 9.41. The smallest absolute Gasteiger partial charge is 0.317 e. The van der Waals surface area contributed by atoms with E-state index in [-0.39, 0.29) is 25.9 Å². The van der Waals surface area contributed by atoms with Crippen LogP contribution in [0.25, 0.3) is 0 Å². The van der Waals surface area contributed by atoms with Crippen LogP contribution in [0, 0.1) is 0 Å². The number of carbonyl (C=O) groups is 2. The fourth-order valence-corrected chi connectivity index (χ4v) is 2.14. The summed E-state index contributed by atoms with van der Waals surface area (Å²) in [7, 11) is 0. The lowest BCUT2D eigenvalue weighted by atomic mass is 10.4. The van der Waals surface area contributed by atoms with Gasteiger partial charge >= 0.3 is 11.9 Å². The molecule has 0 aromatic heterocycles. The van der Waals surface area contributed by atoms with Gasteiger partial charge in [-0.1, -0.05) is 0 Å². The summed E-state index contributed by atoms with van der Waals surface area (Å²) in [5.41, 5.74) is 0. The standard InChI is InChI=1S/C14H22O9/c1-13(2)20-7-9(22-13)5-18-11(15)4-12(16)19-6-10-8-21-14(3,17)23-10/h9-10,17H,4-8H2,1-3H3. The average Bonchev–Trinajstić information content (AvgIpc) is 2.96. The molecule has 9 nitrogen and oxygen atoms in total. The summed E-state index contributed by atoms with van der Waals surface area (Å²) in [5.74, 6) is -3.82. The molecule has 0 amide bonds. The number of carbonyl (C=O) groups excluding carboxylic acids is 2. The Hall–Kier alpha value is -1.26. The zero-order valence-electron chi connectivity index (χ0n) is 13.4. The molecule has 2 saturated heterocycles. The van der Waals surface area contributed by atoms with Crippen molar-refractivity contribution in [3.63, 3.8) is 0 Å². The highest BCUT2D eigenvalue weighted by molar-refractivity contribution is 5.91. The van der Waals surface area contributed by atoms with Crippen molar-refractivity contribution in [1.82, 2.24) is 0 Å². The fraction of sp³-hybridized carbons (Fsp3) is 0.857. The van der Waals surface area contributed by atoms with Crippen LogP contribution < -0.4 is 0 Å². The molecule has 3 atom stereocenters. The lowest BCUT2D eigenvalue weighted by Crippen LogP contribution is -2.28. The Morgan fingerprint density at radius 2 is 1.52 bits per heavy atom. The van der Waals surface area contributed by atoms with E-state index in [9.17, 15) is 14.7 Å². The van der Waals surface area contributed by atoms with E-state index in [2.05, 4.69) is 0 Å². The fourth-order valence-electron chi connectivity index (χ4n) is 2.14. The maximum Gasteiger partial charge on any atom is 0.317 e. The van der Waals surface area contributed by atoms with Gasteiger partial charge in [-0.05, 0) is 13.8 Å². The van der Waals surface area contributed by atoms with Crippen LogP contribution in [0.1, 0.15) is 27.2 Å². The number of esters is 2. The molecule has 9 heteroatoms. The number of hydrogen-bond donors (Lipinski definition) is 1.